The number of hydrogen-bond acceptors (Lipinski definition) is 1. The van der Waals surface area contributed by atoms with E-state index in [1.807, 2.05) is 0 Å². The number of nitrogens with zero attached hydrogens (tertiary/aromatic N) is 1. The summed E-state index contributed by atoms with van der Waals surface area (Å²) in [4.78, 5) is 11.6. The van der Waals surface area contributed by atoms with Gasteiger partial charge in [-0.3, -0.25) is 4.79 Å². The summed E-state index contributed by atoms with van der Waals surface area (Å²) in [6, 6.07) is 8.16. The Balaban J connectivity index is 2.83. The Bertz CT molecular complexity index is 387. The lowest BCUT2D eigenvalue weighted by Crippen LogP contribution is -2.42. The van der Waals surface area contributed by atoms with Crippen molar-refractivity contribution in [3.63, 3.8) is 0 Å². The third-order valence-corrected chi connectivity index (χ3v) is 2.37. The zero-order valence-corrected chi connectivity index (χ0v) is 10.4. The molecule has 0 aliphatic carbocycles. The predicted octanol–water partition coefficient (Wildman–Crippen LogP) is 3.58. The number of hydrogen-bond donors (Lipinski definition) is 0. The molecule has 0 saturated carbocycles. The normalized spacial score (nSPS) is 11.7. The fourth-order valence-electron chi connectivity index (χ4n) is 1.54. The first-order chi connectivity index (χ1) is 8.30. The van der Waals surface area contributed by atoms with Crippen molar-refractivity contribution in [3.8, 4) is 0 Å². The highest BCUT2D eigenvalue weighted by molar-refractivity contribution is 5.76. The first kappa shape index (κ1) is 14.5. The molecule has 0 fully saturated rings. The summed E-state index contributed by atoms with van der Waals surface area (Å²) in [5.41, 5.74) is 0.465. The summed E-state index contributed by atoms with van der Waals surface area (Å²) >= 11 is 0. The van der Waals surface area contributed by atoms with Gasteiger partial charge in [0, 0.05) is 6.42 Å². The number of benzene rings is 1. The van der Waals surface area contributed by atoms with Crippen LogP contribution in [-0.2, 0) is 11.3 Å². The number of halogens is 3. The lowest BCUT2D eigenvalue weighted by molar-refractivity contribution is -0.244. The van der Waals surface area contributed by atoms with Gasteiger partial charge in [0.25, 0.3) is 0 Å². The minimum Gasteiger partial charge on any atom is -0.275 e. The lowest BCUT2D eigenvalue weighted by atomic mass is 10.1. The SMILES string of the molecule is CC(C)CC(=O)N(Cc1ccccc1)C(F)(F)F. The molecule has 2 nitrogen and oxygen atoms in total. The van der Waals surface area contributed by atoms with E-state index in [4.69, 9.17) is 0 Å². The third-order valence-electron chi connectivity index (χ3n) is 2.37. The van der Waals surface area contributed by atoms with Crippen LogP contribution in [0, 0.1) is 5.92 Å². The van der Waals surface area contributed by atoms with E-state index in [0.29, 0.717) is 5.56 Å². The van der Waals surface area contributed by atoms with E-state index in [1.54, 1.807) is 44.2 Å². The maximum absolute atomic E-state index is 12.8. The van der Waals surface area contributed by atoms with Crippen molar-refractivity contribution < 1.29 is 18.0 Å². The first-order valence-electron chi connectivity index (χ1n) is 5.72. The van der Waals surface area contributed by atoms with E-state index < -0.39 is 18.8 Å². The van der Waals surface area contributed by atoms with Crippen LogP contribution in [0.25, 0.3) is 0 Å². The smallest absolute Gasteiger partial charge is 0.275 e. The zero-order chi connectivity index (χ0) is 13.8. The lowest BCUT2D eigenvalue weighted by Gasteiger charge is -2.25. The van der Waals surface area contributed by atoms with Crippen LogP contribution in [0.2, 0.25) is 0 Å². The second-order valence-corrected chi connectivity index (χ2v) is 4.53. The minimum absolute atomic E-state index is 0.0255. The van der Waals surface area contributed by atoms with Gasteiger partial charge in [0.1, 0.15) is 0 Å². The van der Waals surface area contributed by atoms with Gasteiger partial charge in [-0.05, 0) is 11.5 Å². The average Bonchev–Trinajstić information content (AvgIpc) is 2.24. The molecular formula is C13H16F3NO. The Kier molecular flexibility index (Phi) is 4.76. The molecular weight excluding hydrogens is 243 g/mol. The highest BCUT2D eigenvalue weighted by atomic mass is 19.4. The maximum atomic E-state index is 12.8. The molecule has 5 heteroatoms. The molecule has 18 heavy (non-hydrogen) atoms. The Morgan fingerprint density at radius 3 is 2.22 bits per heavy atom. The Hall–Kier alpha value is -1.52. The molecule has 1 aromatic rings. The van der Waals surface area contributed by atoms with E-state index in [1.165, 1.54) is 0 Å². The second-order valence-electron chi connectivity index (χ2n) is 4.53. The van der Waals surface area contributed by atoms with Crippen LogP contribution in [0.5, 0.6) is 0 Å². The Morgan fingerprint density at radius 2 is 1.78 bits per heavy atom. The van der Waals surface area contributed by atoms with Crippen molar-refractivity contribution >= 4 is 5.91 Å². The minimum atomic E-state index is -4.64. The number of alkyl halides is 3. The van der Waals surface area contributed by atoms with Gasteiger partial charge in [0.05, 0.1) is 6.54 Å². The number of rotatable bonds is 4. The molecule has 0 aromatic heterocycles. The van der Waals surface area contributed by atoms with Crippen LogP contribution in [0.1, 0.15) is 25.8 Å². The fourth-order valence-corrected chi connectivity index (χ4v) is 1.54. The van der Waals surface area contributed by atoms with E-state index in [0.717, 1.165) is 0 Å². The molecule has 0 spiro atoms. The Morgan fingerprint density at radius 1 is 1.22 bits per heavy atom. The van der Waals surface area contributed by atoms with Crippen molar-refractivity contribution in [2.45, 2.75) is 33.1 Å². The topological polar surface area (TPSA) is 20.3 Å². The summed E-state index contributed by atoms with van der Waals surface area (Å²) in [6.07, 6.45) is -4.74. The quantitative estimate of drug-likeness (QED) is 0.757. The number of carbonyl (C=O) groups is 1. The van der Waals surface area contributed by atoms with Crippen molar-refractivity contribution in [1.29, 1.82) is 0 Å². The van der Waals surface area contributed by atoms with Gasteiger partial charge >= 0.3 is 6.30 Å². The third kappa shape index (κ3) is 4.39. The van der Waals surface area contributed by atoms with Crippen molar-refractivity contribution in [2.75, 3.05) is 0 Å². The van der Waals surface area contributed by atoms with Crippen molar-refractivity contribution in [2.24, 2.45) is 5.92 Å². The van der Waals surface area contributed by atoms with Crippen LogP contribution in [0.15, 0.2) is 30.3 Å². The molecule has 0 radical (unpaired) electrons. The van der Waals surface area contributed by atoms with Gasteiger partial charge in [-0.15, -0.1) is 13.2 Å². The van der Waals surface area contributed by atoms with Gasteiger partial charge < -0.3 is 0 Å². The zero-order valence-electron chi connectivity index (χ0n) is 10.4. The van der Waals surface area contributed by atoms with Crippen molar-refractivity contribution in [1.82, 2.24) is 4.90 Å². The highest BCUT2D eigenvalue weighted by Crippen LogP contribution is 2.25. The summed E-state index contributed by atoms with van der Waals surface area (Å²) in [5, 5.41) is 0. The molecule has 100 valence electrons. The Labute approximate surface area is 104 Å². The van der Waals surface area contributed by atoms with E-state index in [-0.39, 0.29) is 17.2 Å². The van der Waals surface area contributed by atoms with Crippen LogP contribution in [0.3, 0.4) is 0 Å². The van der Waals surface area contributed by atoms with Crippen LogP contribution < -0.4 is 0 Å². The molecule has 1 aromatic carbocycles. The van der Waals surface area contributed by atoms with Gasteiger partial charge in [-0.25, -0.2) is 4.90 Å². The van der Waals surface area contributed by atoms with E-state index in [9.17, 15) is 18.0 Å². The number of carbonyl (C=O) groups excluding carboxylic acids is 1. The van der Waals surface area contributed by atoms with Gasteiger partial charge in [0.15, 0.2) is 0 Å². The molecule has 0 heterocycles. The molecule has 0 atom stereocenters. The maximum Gasteiger partial charge on any atom is 0.487 e. The molecule has 0 bridgehead atoms. The summed E-state index contributed by atoms with van der Waals surface area (Å²) in [6.45, 7) is 3.00. The summed E-state index contributed by atoms with van der Waals surface area (Å²) in [5.74, 6) is -0.987. The van der Waals surface area contributed by atoms with E-state index in [2.05, 4.69) is 0 Å². The van der Waals surface area contributed by atoms with Gasteiger partial charge in [-0.2, -0.15) is 0 Å². The second kappa shape index (κ2) is 5.89. The van der Waals surface area contributed by atoms with Crippen LogP contribution >= 0.6 is 0 Å². The fraction of sp³-hybridized carbons (Fsp3) is 0.462. The number of amides is 1. The molecule has 0 unspecified atom stereocenters. The molecule has 0 N–H and O–H groups in total. The van der Waals surface area contributed by atoms with Crippen molar-refractivity contribution in [3.05, 3.63) is 35.9 Å². The average molecular weight is 259 g/mol. The standard InChI is InChI=1S/C13H16F3NO/c1-10(2)8-12(18)17(13(14,15)16)9-11-6-4-3-5-7-11/h3-7,10H,8-9H2,1-2H3. The molecule has 0 saturated heterocycles. The van der Waals surface area contributed by atoms with Crippen LogP contribution in [-0.4, -0.2) is 17.1 Å². The molecule has 0 aliphatic heterocycles. The monoisotopic (exact) mass is 259 g/mol. The molecule has 1 rings (SSSR count). The summed E-state index contributed by atoms with van der Waals surface area (Å²) in [7, 11) is 0. The molecule has 0 aliphatic rings. The van der Waals surface area contributed by atoms with Crippen LogP contribution in [0.4, 0.5) is 13.2 Å². The van der Waals surface area contributed by atoms with Gasteiger partial charge in [0.2, 0.25) is 5.91 Å². The van der Waals surface area contributed by atoms with Gasteiger partial charge in [-0.1, -0.05) is 44.2 Å². The van der Waals surface area contributed by atoms with E-state index >= 15 is 0 Å². The highest BCUT2D eigenvalue weighted by Gasteiger charge is 2.40. The predicted molar refractivity (Wildman–Crippen MR) is 62.5 cm³/mol. The summed E-state index contributed by atoms with van der Waals surface area (Å²) < 4.78 is 38.4. The largest absolute Gasteiger partial charge is 0.487 e. The molecule has 1 amide bonds. The first-order valence-corrected chi connectivity index (χ1v) is 5.72.